The van der Waals surface area contributed by atoms with E-state index in [1.807, 2.05) is 0 Å². The number of benzene rings is 1. The van der Waals surface area contributed by atoms with Crippen molar-refractivity contribution in [2.24, 2.45) is 0 Å². The van der Waals surface area contributed by atoms with Crippen LogP contribution in [0.15, 0.2) is 45.9 Å². The van der Waals surface area contributed by atoms with Crippen molar-refractivity contribution in [2.75, 3.05) is 4.72 Å². The lowest BCUT2D eigenvalue weighted by Gasteiger charge is -2.06. The molecule has 5 nitrogen and oxygen atoms in total. The first-order valence-electron chi connectivity index (χ1n) is 4.74. The zero-order valence-electron chi connectivity index (χ0n) is 8.84. The van der Waals surface area contributed by atoms with Crippen molar-refractivity contribution in [3.05, 3.63) is 46.2 Å². The molecule has 18 heavy (non-hydrogen) atoms. The van der Waals surface area contributed by atoms with E-state index in [4.69, 9.17) is 11.6 Å². The number of nitrogens with one attached hydrogen (secondary N) is 1. The molecule has 1 heterocycles. The van der Waals surface area contributed by atoms with E-state index in [-0.39, 0.29) is 16.0 Å². The number of hydrogen-bond donors (Lipinski definition) is 1. The molecule has 8 heteroatoms. The van der Waals surface area contributed by atoms with Gasteiger partial charge in [0.2, 0.25) is 5.95 Å². The Morgan fingerprint density at radius 3 is 2.72 bits per heavy atom. The van der Waals surface area contributed by atoms with Crippen LogP contribution in [0.2, 0.25) is 5.15 Å². The molecule has 2 rings (SSSR count). The molecule has 2 aromatic rings. The van der Waals surface area contributed by atoms with Gasteiger partial charge in [-0.1, -0.05) is 33.6 Å². The Bertz CT molecular complexity index is 678. The van der Waals surface area contributed by atoms with E-state index in [1.54, 1.807) is 12.1 Å². The third kappa shape index (κ3) is 3.18. The van der Waals surface area contributed by atoms with Crippen LogP contribution < -0.4 is 4.72 Å². The van der Waals surface area contributed by atoms with Crippen LogP contribution in [0.4, 0.5) is 5.95 Å². The van der Waals surface area contributed by atoms with Gasteiger partial charge < -0.3 is 0 Å². The molecule has 0 fully saturated rings. The highest BCUT2D eigenvalue weighted by molar-refractivity contribution is 9.10. The average molecular weight is 349 g/mol. The van der Waals surface area contributed by atoms with Gasteiger partial charge in [0.05, 0.1) is 4.90 Å². The Hall–Kier alpha value is -1.18. The number of rotatable bonds is 3. The summed E-state index contributed by atoms with van der Waals surface area (Å²) in [5, 5.41) is 0.164. The minimum Gasteiger partial charge on any atom is -0.247 e. The van der Waals surface area contributed by atoms with Gasteiger partial charge >= 0.3 is 0 Å². The quantitative estimate of drug-likeness (QED) is 0.866. The van der Waals surface area contributed by atoms with Gasteiger partial charge in [0.1, 0.15) is 5.15 Å². The molecule has 1 N–H and O–H groups in total. The predicted octanol–water partition coefficient (Wildman–Crippen LogP) is 2.69. The van der Waals surface area contributed by atoms with Gasteiger partial charge in [0.25, 0.3) is 10.0 Å². The van der Waals surface area contributed by atoms with Crippen molar-refractivity contribution in [1.29, 1.82) is 0 Å². The number of halogens is 2. The maximum Gasteiger partial charge on any atom is 0.264 e. The van der Waals surface area contributed by atoms with Crippen LogP contribution in [0.25, 0.3) is 0 Å². The Morgan fingerprint density at radius 2 is 2.06 bits per heavy atom. The maximum atomic E-state index is 12.0. The van der Waals surface area contributed by atoms with Crippen LogP contribution in [0.3, 0.4) is 0 Å². The zero-order valence-corrected chi connectivity index (χ0v) is 12.0. The summed E-state index contributed by atoms with van der Waals surface area (Å²) in [6.45, 7) is 0. The van der Waals surface area contributed by atoms with Crippen LogP contribution in [-0.4, -0.2) is 18.4 Å². The molecule has 0 unspecified atom stereocenters. The molecule has 0 amide bonds. The SMILES string of the molecule is O=S(=O)(Nc1nccc(Cl)n1)c1cccc(Br)c1. The molecule has 0 atom stereocenters. The number of nitrogens with zero attached hydrogens (tertiary/aromatic N) is 2. The molecular formula is C10H7BrClN3O2S. The summed E-state index contributed by atoms with van der Waals surface area (Å²) >= 11 is 8.86. The van der Waals surface area contributed by atoms with Gasteiger partial charge in [-0.2, -0.15) is 0 Å². The molecule has 0 aliphatic heterocycles. The predicted molar refractivity (Wildman–Crippen MR) is 72.0 cm³/mol. The summed E-state index contributed by atoms with van der Waals surface area (Å²) in [6.07, 6.45) is 1.37. The fraction of sp³-hybridized carbons (Fsp3) is 0. The number of aromatic nitrogens is 2. The largest absolute Gasteiger partial charge is 0.264 e. The minimum absolute atomic E-state index is 0.0672. The summed E-state index contributed by atoms with van der Waals surface area (Å²) in [7, 11) is -3.72. The van der Waals surface area contributed by atoms with E-state index in [0.29, 0.717) is 4.47 Å². The topological polar surface area (TPSA) is 72.0 Å². The van der Waals surface area contributed by atoms with Crippen LogP contribution in [0, 0.1) is 0 Å². The van der Waals surface area contributed by atoms with E-state index in [9.17, 15) is 8.42 Å². The smallest absolute Gasteiger partial charge is 0.247 e. The molecule has 0 spiro atoms. The van der Waals surface area contributed by atoms with Crippen LogP contribution >= 0.6 is 27.5 Å². The highest BCUT2D eigenvalue weighted by Gasteiger charge is 2.15. The third-order valence-electron chi connectivity index (χ3n) is 1.95. The highest BCUT2D eigenvalue weighted by Crippen LogP contribution is 2.18. The Balaban J connectivity index is 2.33. The molecule has 0 saturated carbocycles. The third-order valence-corrected chi connectivity index (χ3v) is 3.98. The standard InChI is InChI=1S/C10H7BrClN3O2S/c11-7-2-1-3-8(6-7)18(16,17)15-10-13-5-4-9(12)14-10/h1-6H,(H,13,14,15). The van der Waals surface area contributed by atoms with E-state index < -0.39 is 10.0 Å². The van der Waals surface area contributed by atoms with Crippen molar-refractivity contribution >= 4 is 43.5 Å². The van der Waals surface area contributed by atoms with Crippen molar-refractivity contribution in [3.8, 4) is 0 Å². The fourth-order valence-electron chi connectivity index (χ4n) is 1.20. The van der Waals surface area contributed by atoms with Gasteiger partial charge in [-0.3, -0.25) is 0 Å². The maximum absolute atomic E-state index is 12.0. The summed E-state index contributed by atoms with van der Waals surface area (Å²) in [6, 6.07) is 7.76. The molecule has 0 aliphatic carbocycles. The fourth-order valence-corrected chi connectivity index (χ4v) is 2.88. The zero-order chi connectivity index (χ0) is 13.2. The molecule has 0 bridgehead atoms. The first-order valence-corrected chi connectivity index (χ1v) is 7.40. The van der Waals surface area contributed by atoms with Crippen LogP contribution in [-0.2, 0) is 10.0 Å². The molecule has 1 aromatic heterocycles. The molecular weight excluding hydrogens is 342 g/mol. The van der Waals surface area contributed by atoms with E-state index in [0.717, 1.165) is 0 Å². The first kappa shape index (κ1) is 13.3. The monoisotopic (exact) mass is 347 g/mol. The molecule has 1 aromatic carbocycles. The summed E-state index contributed by atoms with van der Waals surface area (Å²) in [4.78, 5) is 7.65. The summed E-state index contributed by atoms with van der Waals surface area (Å²) in [5.41, 5.74) is 0. The normalized spacial score (nSPS) is 11.2. The lowest BCUT2D eigenvalue weighted by molar-refractivity contribution is 0.600. The van der Waals surface area contributed by atoms with Gasteiger partial charge in [-0.25, -0.2) is 23.1 Å². The minimum atomic E-state index is -3.72. The first-order chi connectivity index (χ1) is 8.47. The Kier molecular flexibility index (Phi) is 3.84. The Morgan fingerprint density at radius 1 is 1.28 bits per heavy atom. The van der Waals surface area contributed by atoms with Crippen molar-refractivity contribution in [2.45, 2.75) is 4.90 Å². The van der Waals surface area contributed by atoms with E-state index in [2.05, 4.69) is 30.6 Å². The van der Waals surface area contributed by atoms with Crippen molar-refractivity contribution < 1.29 is 8.42 Å². The second-order valence-electron chi connectivity index (χ2n) is 3.27. The van der Waals surface area contributed by atoms with Gasteiger partial charge in [0, 0.05) is 10.7 Å². The lowest BCUT2D eigenvalue weighted by atomic mass is 10.4. The van der Waals surface area contributed by atoms with E-state index >= 15 is 0 Å². The average Bonchev–Trinajstić information content (AvgIpc) is 2.28. The molecule has 0 aliphatic rings. The second-order valence-corrected chi connectivity index (χ2v) is 6.25. The van der Waals surface area contributed by atoms with Crippen molar-refractivity contribution in [1.82, 2.24) is 9.97 Å². The van der Waals surface area contributed by atoms with Gasteiger partial charge in [0.15, 0.2) is 0 Å². The van der Waals surface area contributed by atoms with E-state index in [1.165, 1.54) is 24.4 Å². The molecule has 0 saturated heterocycles. The second kappa shape index (κ2) is 5.21. The summed E-state index contributed by atoms with van der Waals surface area (Å²) < 4.78 is 26.9. The molecule has 94 valence electrons. The molecule has 0 radical (unpaired) electrons. The van der Waals surface area contributed by atoms with Gasteiger partial charge in [-0.05, 0) is 24.3 Å². The number of hydrogen-bond acceptors (Lipinski definition) is 4. The van der Waals surface area contributed by atoms with Crippen LogP contribution in [0.5, 0.6) is 0 Å². The number of sulfonamides is 1. The van der Waals surface area contributed by atoms with Crippen molar-refractivity contribution in [3.63, 3.8) is 0 Å². The highest BCUT2D eigenvalue weighted by atomic mass is 79.9. The lowest BCUT2D eigenvalue weighted by Crippen LogP contribution is -2.14. The summed E-state index contributed by atoms with van der Waals surface area (Å²) in [5.74, 6) is -0.0672. The Labute approximate surface area is 117 Å². The van der Waals surface area contributed by atoms with Gasteiger partial charge in [-0.15, -0.1) is 0 Å². The number of anilines is 1. The van der Waals surface area contributed by atoms with Crippen LogP contribution in [0.1, 0.15) is 0 Å².